The van der Waals surface area contributed by atoms with Gasteiger partial charge in [0.05, 0.1) is 19.3 Å². The van der Waals surface area contributed by atoms with Gasteiger partial charge in [-0.2, -0.15) is 0 Å². The van der Waals surface area contributed by atoms with Crippen LogP contribution >= 0.6 is 23.6 Å². The van der Waals surface area contributed by atoms with Gasteiger partial charge >= 0.3 is 0 Å². The maximum absolute atomic E-state index is 5.62. The van der Waals surface area contributed by atoms with E-state index in [1.165, 1.54) is 17.7 Å². The van der Waals surface area contributed by atoms with Crippen molar-refractivity contribution >= 4 is 34.4 Å². The van der Waals surface area contributed by atoms with Crippen molar-refractivity contribution in [2.45, 2.75) is 25.4 Å². The third-order valence-electron chi connectivity index (χ3n) is 3.50. The summed E-state index contributed by atoms with van der Waals surface area (Å²) in [5, 5.41) is 6.21. The molecular weight excluding hydrogens is 300 g/mol. The Morgan fingerprint density at radius 1 is 1.33 bits per heavy atom. The second-order valence-corrected chi connectivity index (χ2v) is 6.49. The summed E-state index contributed by atoms with van der Waals surface area (Å²) in [6.07, 6.45) is 2.44. The molecule has 0 aliphatic heterocycles. The third-order valence-corrected chi connectivity index (χ3v) is 4.70. The number of anilines is 1. The first-order valence-corrected chi connectivity index (χ1v) is 8.29. The fourth-order valence-corrected chi connectivity index (χ4v) is 3.28. The highest BCUT2D eigenvalue weighted by Crippen LogP contribution is 2.31. The minimum absolute atomic E-state index is 0.571. The number of methoxy groups -OCH3 is 1. The molecule has 0 atom stereocenters. The van der Waals surface area contributed by atoms with Crippen LogP contribution in [0.25, 0.3) is 0 Å². The molecule has 110 valence electrons. The molecule has 1 aliphatic carbocycles. The molecule has 3 nitrogen and oxygen atoms in total. The summed E-state index contributed by atoms with van der Waals surface area (Å²) in [7, 11) is 1.67. The van der Waals surface area contributed by atoms with Crippen LogP contribution < -0.4 is 10.1 Å². The van der Waals surface area contributed by atoms with E-state index in [9.17, 15) is 0 Å². The Bertz CT molecular complexity index is 608. The molecule has 1 N–H and O–H groups in total. The number of nitrogens with zero attached hydrogens (tertiary/aromatic N) is 1. The van der Waals surface area contributed by atoms with E-state index < -0.39 is 0 Å². The van der Waals surface area contributed by atoms with Crippen LogP contribution in [-0.2, 0) is 6.54 Å². The summed E-state index contributed by atoms with van der Waals surface area (Å²) in [5.41, 5.74) is 0.918. The van der Waals surface area contributed by atoms with Crippen LogP contribution in [0.2, 0.25) is 0 Å². The average Bonchev–Trinajstić information content (AvgIpc) is 3.21. The molecule has 0 unspecified atom stereocenters. The minimum Gasteiger partial charge on any atom is -0.495 e. The monoisotopic (exact) mass is 318 g/mol. The molecule has 2 aromatic rings. The van der Waals surface area contributed by atoms with E-state index in [4.69, 9.17) is 17.0 Å². The molecule has 1 aliphatic rings. The average molecular weight is 318 g/mol. The van der Waals surface area contributed by atoms with E-state index >= 15 is 0 Å². The van der Waals surface area contributed by atoms with Crippen LogP contribution in [0.15, 0.2) is 41.8 Å². The van der Waals surface area contributed by atoms with Crippen molar-refractivity contribution in [3.63, 3.8) is 0 Å². The van der Waals surface area contributed by atoms with Gasteiger partial charge in [-0.15, -0.1) is 11.3 Å². The lowest BCUT2D eigenvalue weighted by Crippen LogP contribution is -2.35. The second-order valence-electron chi connectivity index (χ2n) is 5.07. The van der Waals surface area contributed by atoms with Gasteiger partial charge in [0.15, 0.2) is 5.11 Å². The summed E-state index contributed by atoms with van der Waals surface area (Å²) in [6.45, 7) is 0.878. The maximum atomic E-state index is 5.62. The normalized spacial score (nSPS) is 13.8. The topological polar surface area (TPSA) is 24.5 Å². The Kier molecular flexibility index (Phi) is 4.41. The molecule has 3 rings (SSSR count). The van der Waals surface area contributed by atoms with Crippen molar-refractivity contribution in [3.05, 3.63) is 46.7 Å². The molecule has 0 bridgehead atoms. The minimum atomic E-state index is 0.571. The summed E-state index contributed by atoms with van der Waals surface area (Å²) in [6, 6.07) is 12.7. The molecule has 1 saturated carbocycles. The Morgan fingerprint density at radius 3 is 2.81 bits per heavy atom. The van der Waals surface area contributed by atoms with Crippen molar-refractivity contribution in [1.82, 2.24) is 4.90 Å². The molecule has 21 heavy (non-hydrogen) atoms. The van der Waals surface area contributed by atoms with Gasteiger partial charge in [0.25, 0.3) is 0 Å². The van der Waals surface area contributed by atoms with Gasteiger partial charge in [-0.1, -0.05) is 18.2 Å². The standard InChI is InChI=1S/C16H18N2OS2/c1-19-15-7-3-2-6-14(15)17-16(20)18(12-8-9-12)11-13-5-4-10-21-13/h2-7,10,12H,8-9,11H2,1H3,(H,17,20). The number of thiocarbonyl (C=S) groups is 1. The van der Waals surface area contributed by atoms with Crippen molar-refractivity contribution < 1.29 is 4.74 Å². The zero-order valence-electron chi connectivity index (χ0n) is 11.9. The number of ether oxygens (including phenoxy) is 1. The van der Waals surface area contributed by atoms with E-state index in [2.05, 4.69) is 27.7 Å². The summed E-state index contributed by atoms with van der Waals surface area (Å²) < 4.78 is 5.37. The fraction of sp³-hybridized carbons (Fsp3) is 0.312. The highest BCUT2D eigenvalue weighted by atomic mass is 32.1. The number of para-hydroxylation sites is 2. The van der Waals surface area contributed by atoms with Crippen molar-refractivity contribution in [3.8, 4) is 5.75 Å². The quantitative estimate of drug-likeness (QED) is 0.838. The number of rotatable bonds is 5. The molecule has 1 heterocycles. The van der Waals surface area contributed by atoms with Gasteiger partial charge < -0.3 is 15.0 Å². The number of hydrogen-bond acceptors (Lipinski definition) is 3. The predicted molar refractivity (Wildman–Crippen MR) is 92.1 cm³/mol. The molecule has 1 aromatic heterocycles. The number of benzene rings is 1. The van der Waals surface area contributed by atoms with E-state index in [1.54, 1.807) is 18.4 Å². The van der Waals surface area contributed by atoms with Crippen LogP contribution in [0.5, 0.6) is 5.75 Å². The lowest BCUT2D eigenvalue weighted by Gasteiger charge is -2.25. The van der Waals surface area contributed by atoms with E-state index in [1.807, 2.05) is 24.3 Å². The lowest BCUT2D eigenvalue weighted by molar-refractivity contribution is 0.409. The van der Waals surface area contributed by atoms with E-state index in [0.717, 1.165) is 23.1 Å². The van der Waals surface area contributed by atoms with Crippen LogP contribution in [0.4, 0.5) is 5.69 Å². The Morgan fingerprint density at radius 2 is 2.14 bits per heavy atom. The van der Waals surface area contributed by atoms with Gasteiger partial charge in [-0.25, -0.2) is 0 Å². The molecule has 1 fully saturated rings. The molecular formula is C16H18N2OS2. The van der Waals surface area contributed by atoms with Crippen molar-refractivity contribution in [2.24, 2.45) is 0 Å². The van der Waals surface area contributed by atoms with Crippen LogP contribution in [0.1, 0.15) is 17.7 Å². The molecule has 0 amide bonds. The number of nitrogens with one attached hydrogen (secondary N) is 1. The van der Waals surface area contributed by atoms with E-state index in [-0.39, 0.29) is 0 Å². The highest BCUT2D eigenvalue weighted by Gasteiger charge is 2.31. The summed E-state index contributed by atoms with van der Waals surface area (Å²) in [4.78, 5) is 3.62. The first kappa shape index (κ1) is 14.4. The van der Waals surface area contributed by atoms with Crippen LogP contribution in [-0.4, -0.2) is 23.2 Å². The highest BCUT2D eigenvalue weighted by molar-refractivity contribution is 7.80. The Hall–Kier alpha value is -1.59. The van der Waals surface area contributed by atoms with Gasteiger partial charge in [0.1, 0.15) is 5.75 Å². The summed E-state index contributed by atoms with van der Waals surface area (Å²) in [5.74, 6) is 0.812. The maximum Gasteiger partial charge on any atom is 0.174 e. The van der Waals surface area contributed by atoms with Crippen LogP contribution in [0.3, 0.4) is 0 Å². The molecule has 0 spiro atoms. The van der Waals surface area contributed by atoms with Gasteiger partial charge in [0, 0.05) is 10.9 Å². The zero-order valence-corrected chi connectivity index (χ0v) is 13.5. The first-order chi connectivity index (χ1) is 10.3. The van der Waals surface area contributed by atoms with Gasteiger partial charge in [-0.05, 0) is 48.6 Å². The molecule has 0 saturated heterocycles. The zero-order chi connectivity index (χ0) is 14.7. The van der Waals surface area contributed by atoms with Crippen molar-refractivity contribution in [1.29, 1.82) is 0 Å². The molecule has 0 radical (unpaired) electrons. The van der Waals surface area contributed by atoms with Crippen LogP contribution in [0, 0.1) is 0 Å². The largest absolute Gasteiger partial charge is 0.495 e. The van der Waals surface area contributed by atoms with E-state index in [0.29, 0.717) is 6.04 Å². The lowest BCUT2D eigenvalue weighted by atomic mass is 10.3. The Balaban J connectivity index is 1.72. The van der Waals surface area contributed by atoms with Gasteiger partial charge in [-0.3, -0.25) is 0 Å². The fourth-order valence-electron chi connectivity index (χ4n) is 2.26. The second kappa shape index (κ2) is 6.45. The molecule has 1 aromatic carbocycles. The SMILES string of the molecule is COc1ccccc1NC(=S)N(Cc1cccs1)C1CC1. The predicted octanol–water partition coefficient (Wildman–Crippen LogP) is 4.12. The molecule has 5 heteroatoms. The third kappa shape index (κ3) is 3.54. The smallest absolute Gasteiger partial charge is 0.174 e. The van der Waals surface area contributed by atoms with Crippen molar-refractivity contribution in [2.75, 3.05) is 12.4 Å². The Labute approximate surface area is 134 Å². The number of hydrogen-bond donors (Lipinski definition) is 1. The number of thiophene rings is 1. The first-order valence-electron chi connectivity index (χ1n) is 7.01. The van der Waals surface area contributed by atoms with Gasteiger partial charge in [0.2, 0.25) is 0 Å². The summed E-state index contributed by atoms with van der Waals surface area (Å²) >= 11 is 7.39.